The molecule has 0 fully saturated rings. The smallest absolute Gasteiger partial charge is 0.0572 e. The van der Waals surface area contributed by atoms with Gasteiger partial charge in [0.05, 0.1) is 6.04 Å². The summed E-state index contributed by atoms with van der Waals surface area (Å²) in [7, 11) is 0. The highest BCUT2D eigenvalue weighted by molar-refractivity contribution is 5.94. The lowest BCUT2D eigenvalue weighted by Gasteiger charge is -2.41. The molecule has 2 N–H and O–H groups in total. The van der Waals surface area contributed by atoms with E-state index in [0.29, 0.717) is 6.04 Å². The number of nitrogen functional groups attached to an aromatic ring is 1. The van der Waals surface area contributed by atoms with E-state index in [-0.39, 0.29) is 0 Å². The third-order valence-corrected chi connectivity index (χ3v) is 5.23. The third-order valence-electron chi connectivity index (χ3n) is 5.23. The van der Waals surface area contributed by atoms with Crippen LogP contribution in [0.4, 0.5) is 17.1 Å². The van der Waals surface area contributed by atoms with Gasteiger partial charge in [-0.25, -0.2) is 0 Å². The Hall–Kier alpha value is -3.26. The second kappa shape index (κ2) is 5.92. The van der Waals surface area contributed by atoms with E-state index in [4.69, 9.17) is 5.73 Å². The van der Waals surface area contributed by atoms with Crippen molar-refractivity contribution >= 4 is 28.2 Å². The number of nitrogens with two attached hydrogens (primary N) is 1. The average Bonchev–Trinajstić information content (AvgIpc) is 2.69. The molecule has 1 heterocycles. The Balaban J connectivity index is 1.70. The minimum atomic E-state index is 0.309. The molecule has 2 heteroatoms. The zero-order valence-electron chi connectivity index (χ0n) is 14.5. The van der Waals surface area contributed by atoms with Crippen LogP contribution in [0, 0.1) is 0 Å². The lowest BCUT2D eigenvalue weighted by molar-refractivity contribution is 0.778. The maximum absolute atomic E-state index is 6.02. The van der Waals surface area contributed by atoms with Gasteiger partial charge < -0.3 is 10.6 Å². The quantitative estimate of drug-likeness (QED) is 0.612. The van der Waals surface area contributed by atoms with Crippen molar-refractivity contribution in [2.75, 3.05) is 10.6 Å². The Morgan fingerprint density at radius 3 is 2.50 bits per heavy atom. The van der Waals surface area contributed by atoms with Gasteiger partial charge in [0.2, 0.25) is 0 Å². The normalized spacial score (nSPS) is 18.0. The van der Waals surface area contributed by atoms with Crippen LogP contribution < -0.4 is 10.6 Å². The van der Waals surface area contributed by atoms with Gasteiger partial charge in [-0.3, -0.25) is 0 Å². The van der Waals surface area contributed by atoms with Crippen LogP contribution in [0.5, 0.6) is 0 Å². The molecule has 2 bridgehead atoms. The van der Waals surface area contributed by atoms with Gasteiger partial charge in [-0.15, -0.1) is 0 Å². The van der Waals surface area contributed by atoms with Gasteiger partial charge in [-0.1, -0.05) is 60.7 Å². The van der Waals surface area contributed by atoms with Crippen LogP contribution in [0.2, 0.25) is 0 Å². The van der Waals surface area contributed by atoms with E-state index in [1.165, 1.54) is 33.6 Å². The summed E-state index contributed by atoms with van der Waals surface area (Å²) in [5.41, 5.74) is 14.5. The first-order valence-electron chi connectivity index (χ1n) is 9.01. The van der Waals surface area contributed by atoms with Crippen molar-refractivity contribution in [2.45, 2.75) is 12.5 Å². The summed E-state index contributed by atoms with van der Waals surface area (Å²) in [6, 6.07) is 27.8. The van der Waals surface area contributed by atoms with Gasteiger partial charge in [-0.2, -0.15) is 0 Å². The van der Waals surface area contributed by atoms with E-state index in [9.17, 15) is 0 Å². The van der Waals surface area contributed by atoms with Crippen LogP contribution in [0.1, 0.15) is 17.5 Å². The fourth-order valence-corrected chi connectivity index (χ4v) is 4.09. The summed E-state index contributed by atoms with van der Waals surface area (Å²) >= 11 is 0. The van der Waals surface area contributed by atoms with E-state index in [1.807, 2.05) is 12.1 Å². The van der Waals surface area contributed by atoms with Gasteiger partial charge in [0.25, 0.3) is 0 Å². The number of benzene rings is 3. The Bertz CT molecular complexity index is 1030. The molecular weight excluding hydrogens is 316 g/mol. The topological polar surface area (TPSA) is 29.3 Å². The van der Waals surface area contributed by atoms with Crippen LogP contribution in [-0.2, 0) is 0 Å². The van der Waals surface area contributed by atoms with Crippen molar-refractivity contribution in [1.82, 2.24) is 0 Å². The summed E-state index contributed by atoms with van der Waals surface area (Å²) in [5.74, 6) is 0. The van der Waals surface area contributed by atoms with E-state index < -0.39 is 0 Å². The molecule has 1 aliphatic carbocycles. The Labute approximate surface area is 153 Å². The van der Waals surface area contributed by atoms with Gasteiger partial charge in [0.15, 0.2) is 0 Å². The summed E-state index contributed by atoms with van der Waals surface area (Å²) in [6.07, 6.45) is 5.73. The summed E-state index contributed by atoms with van der Waals surface area (Å²) in [4.78, 5) is 2.46. The zero-order valence-corrected chi connectivity index (χ0v) is 14.5. The van der Waals surface area contributed by atoms with Crippen LogP contribution >= 0.6 is 0 Å². The van der Waals surface area contributed by atoms with E-state index in [0.717, 1.165) is 12.1 Å². The van der Waals surface area contributed by atoms with Crippen molar-refractivity contribution in [3.05, 3.63) is 102 Å². The molecule has 0 aromatic heterocycles. The Kier molecular flexibility index (Phi) is 3.42. The maximum Gasteiger partial charge on any atom is 0.0572 e. The minimum Gasteiger partial charge on any atom is -0.399 e. The van der Waals surface area contributed by atoms with E-state index in [1.54, 1.807) is 0 Å². The number of nitrogens with zero attached hydrogens (tertiary/aromatic N) is 1. The number of anilines is 3. The molecule has 2 aliphatic rings. The molecule has 5 rings (SSSR count). The monoisotopic (exact) mass is 336 g/mol. The molecule has 0 amide bonds. The fourth-order valence-electron chi connectivity index (χ4n) is 4.09. The molecule has 2 nitrogen and oxygen atoms in total. The fraction of sp³-hybridized carbons (Fsp3) is 0.0833. The van der Waals surface area contributed by atoms with Gasteiger partial charge >= 0.3 is 0 Å². The predicted octanol–water partition coefficient (Wildman–Crippen LogP) is 5.66. The van der Waals surface area contributed by atoms with E-state index in [2.05, 4.69) is 83.8 Å². The highest BCUT2D eigenvalue weighted by Gasteiger charge is 2.31. The number of rotatable bonds is 2. The first-order valence-corrected chi connectivity index (χ1v) is 9.01. The van der Waals surface area contributed by atoms with Crippen LogP contribution in [-0.4, -0.2) is 6.04 Å². The molecule has 26 heavy (non-hydrogen) atoms. The van der Waals surface area contributed by atoms with Crippen LogP contribution in [0.15, 0.2) is 91.0 Å². The standard InChI is InChI=1S/C24H20N2/c25-20-8-6-7-17(14-20)18-13-19-16-22(15-18)26(21-9-2-1-3-10-21)24-12-5-4-11-23(19)24/h1-15,22H,16,25H2. The molecule has 1 aliphatic heterocycles. The lowest BCUT2D eigenvalue weighted by atomic mass is 9.83. The maximum atomic E-state index is 6.02. The van der Waals surface area contributed by atoms with Crippen molar-refractivity contribution < 1.29 is 0 Å². The summed E-state index contributed by atoms with van der Waals surface area (Å²) < 4.78 is 0. The number of allylic oxidation sites excluding steroid dienone is 2. The molecule has 0 spiro atoms. The van der Waals surface area contributed by atoms with E-state index >= 15 is 0 Å². The Morgan fingerprint density at radius 2 is 1.65 bits per heavy atom. The summed E-state index contributed by atoms with van der Waals surface area (Å²) in [5, 5.41) is 0. The molecular formula is C24H20N2. The van der Waals surface area contributed by atoms with Crippen molar-refractivity contribution in [1.29, 1.82) is 0 Å². The number of hydrogen-bond donors (Lipinski definition) is 1. The molecule has 1 atom stereocenters. The van der Waals surface area contributed by atoms with Crippen LogP contribution in [0.25, 0.3) is 11.1 Å². The number of hydrogen-bond acceptors (Lipinski definition) is 2. The largest absolute Gasteiger partial charge is 0.399 e. The predicted molar refractivity (Wildman–Crippen MR) is 110 cm³/mol. The summed E-state index contributed by atoms with van der Waals surface area (Å²) in [6.45, 7) is 0. The van der Waals surface area contributed by atoms with Crippen molar-refractivity contribution in [3.63, 3.8) is 0 Å². The van der Waals surface area contributed by atoms with Crippen molar-refractivity contribution in [2.24, 2.45) is 0 Å². The third kappa shape index (κ3) is 2.42. The molecule has 3 aromatic carbocycles. The number of fused-ring (bicyclic) bond motifs is 4. The molecule has 0 saturated heterocycles. The van der Waals surface area contributed by atoms with Gasteiger partial charge in [-0.05, 0) is 53.5 Å². The highest BCUT2D eigenvalue weighted by atomic mass is 15.2. The molecule has 3 aromatic rings. The highest BCUT2D eigenvalue weighted by Crippen LogP contribution is 2.46. The zero-order chi connectivity index (χ0) is 17.5. The second-order valence-corrected chi connectivity index (χ2v) is 6.91. The Morgan fingerprint density at radius 1 is 0.846 bits per heavy atom. The number of para-hydroxylation sites is 2. The molecule has 1 unspecified atom stereocenters. The molecule has 0 saturated carbocycles. The first kappa shape index (κ1) is 15.0. The minimum absolute atomic E-state index is 0.309. The van der Waals surface area contributed by atoms with Crippen molar-refractivity contribution in [3.8, 4) is 0 Å². The lowest BCUT2D eigenvalue weighted by Crippen LogP contribution is -2.35. The average molecular weight is 336 g/mol. The van der Waals surface area contributed by atoms with Crippen LogP contribution in [0.3, 0.4) is 0 Å². The molecule has 126 valence electrons. The van der Waals surface area contributed by atoms with Gasteiger partial charge in [0.1, 0.15) is 0 Å². The van der Waals surface area contributed by atoms with Gasteiger partial charge in [0, 0.05) is 22.6 Å². The molecule has 0 radical (unpaired) electrons. The first-order chi connectivity index (χ1) is 12.8. The SMILES string of the molecule is Nc1cccc(C2=CC3CC(=C2)c2ccccc2N3c2ccccc2)c1. The second-order valence-electron chi connectivity index (χ2n) is 6.91.